The van der Waals surface area contributed by atoms with Crippen LogP contribution in [0.1, 0.15) is 33.2 Å². The Morgan fingerprint density at radius 1 is 1.00 bits per heavy atom. The van der Waals surface area contributed by atoms with Crippen molar-refractivity contribution in [2.24, 2.45) is 0 Å². The lowest BCUT2D eigenvalue weighted by Crippen LogP contribution is -2.30. The van der Waals surface area contributed by atoms with E-state index in [-0.39, 0.29) is 16.8 Å². The molecule has 5 nitrogen and oxygen atoms in total. The number of hydrogen-bond donors (Lipinski definition) is 1. The summed E-state index contributed by atoms with van der Waals surface area (Å²) < 4.78 is 54.7. The van der Waals surface area contributed by atoms with E-state index >= 15 is 0 Å². The van der Waals surface area contributed by atoms with Gasteiger partial charge in [-0.3, -0.25) is 9.78 Å². The van der Waals surface area contributed by atoms with Gasteiger partial charge in [-0.05, 0) is 42.0 Å². The Kier molecular flexibility index (Phi) is 4.94. The van der Waals surface area contributed by atoms with E-state index in [1.165, 1.54) is 30.5 Å². The number of nitrogens with zero attached hydrogens (tertiary/aromatic N) is 3. The predicted octanol–water partition coefficient (Wildman–Crippen LogP) is 4.41. The summed E-state index contributed by atoms with van der Waals surface area (Å²) in [6.45, 7) is 0. The molecule has 0 aliphatic heterocycles. The Hall–Kier alpha value is -3.75. The summed E-state index contributed by atoms with van der Waals surface area (Å²) in [5.41, 5.74) is 0.228. The topological polar surface area (TPSA) is 59.3 Å². The smallest absolute Gasteiger partial charge is 0.339 e. The fraction of sp³-hybridized carbons (Fsp3) is 0.0952. The molecule has 9 heteroatoms. The first-order valence-electron chi connectivity index (χ1n) is 8.84. The van der Waals surface area contributed by atoms with E-state index in [9.17, 15) is 22.4 Å². The highest BCUT2D eigenvalue weighted by Gasteiger charge is 2.31. The average Bonchev–Trinajstić information content (AvgIpc) is 3.20. The van der Waals surface area contributed by atoms with Gasteiger partial charge >= 0.3 is 6.18 Å². The monoisotopic (exact) mass is 414 g/mol. The molecule has 3 aromatic heterocycles. The van der Waals surface area contributed by atoms with Gasteiger partial charge in [0.15, 0.2) is 0 Å². The van der Waals surface area contributed by atoms with Gasteiger partial charge in [-0.1, -0.05) is 12.1 Å². The van der Waals surface area contributed by atoms with Crippen molar-refractivity contribution in [2.75, 3.05) is 0 Å². The van der Waals surface area contributed by atoms with Gasteiger partial charge in [0.05, 0.1) is 17.2 Å². The molecular weight excluding hydrogens is 400 g/mol. The summed E-state index contributed by atoms with van der Waals surface area (Å²) in [7, 11) is 0. The van der Waals surface area contributed by atoms with Crippen LogP contribution in [0, 0.1) is 5.82 Å². The van der Waals surface area contributed by atoms with Crippen molar-refractivity contribution in [2.45, 2.75) is 12.2 Å². The molecule has 4 aromatic rings. The number of rotatable bonds is 4. The molecule has 0 aliphatic rings. The zero-order valence-electron chi connectivity index (χ0n) is 15.3. The largest absolute Gasteiger partial charge is 0.416 e. The summed E-state index contributed by atoms with van der Waals surface area (Å²) >= 11 is 0. The molecule has 0 saturated heterocycles. The fourth-order valence-corrected chi connectivity index (χ4v) is 3.05. The van der Waals surface area contributed by atoms with Crippen LogP contribution in [0.3, 0.4) is 0 Å². The number of alkyl halides is 3. The third-order valence-corrected chi connectivity index (χ3v) is 4.56. The van der Waals surface area contributed by atoms with Crippen LogP contribution < -0.4 is 5.32 Å². The molecule has 0 radical (unpaired) electrons. The summed E-state index contributed by atoms with van der Waals surface area (Å²) in [6.07, 6.45) is 1.63. The second-order valence-electron chi connectivity index (χ2n) is 6.51. The van der Waals surface area contributed by atoms with E-state index in [0.717, 1.165) is 12.1 Å². The molecule has 4 rings (SSSR count). The van der Waals surface area contributed by atoms with E-state index in [0.29, 0.717) is 5.65 Å². The van der Waals surface area contributed by atoms with E-state index in [2.05, 4.69) is 15.3 Å². The molecule has 30 heavy (non-hydrogen) atoms. The minimum absolute atomic E-state index is 0.102. The maximum absolute atomic E-state index is 14.4. The third-order valence-electron chi connectivity index (χ3n) is 4.56. The van der Waals surface area contributed by atoms with Crippen LogP contribution in [0.15, 0.2) is 73.3 Å². The molecule has 3 heterocycles. The number of carbonyl (C=O) groups excluding carboxylic acids is 1. The van der Waals surface area contributed by atoms with Gasteiger partial charge in [0, 0.05) is 24.8 Å². The number of imidazole rings is 1. The minimum atomic E-state index is -4.51. The fourth-order valence-electron chi connectivity index (χ4n) is 3.05. The first kappa shape index (κ1) is 19.6. The van der Waals surface area contributed by atoms with Crippen LogP contribution >= 0.6 is 0 Å². The molecule has 1 aromatic carbocycles. The van der Waals surface area contributed by atoms with Gasteiger partial charge in [-0.2, -0.15) is 13.2 Å². The maximum atomic E-state index is 14.4. The number of nitrogens with one attached hydrogen (secondary N) is 1. The number of carbonyl (C=O) groups is 1. The summed E-state index contributed by atoms with van der Waals surface area (Å²) in [5.74, 6) is -1.23. The number of aromatic nitrogens is 3. The maximum Gasteiger partial charge on any atom is 0.416 e. The normalized spacial score (nSPS) is 12.7. The summed E-state index contributed by atoms with van der Waals surface area (Å²) in [6, 6.07) is 8.82. The Balaban J connectivity index is 1.70. The Morgan fingerprint density at radius 2 is 1.77 bits per heavy atom. The highest BCUT2D eigenvalue weighted by molar-refractivity contribution is 5.94. The van der Waals surface area contributed by atoms with E-state index in [1.54, 1.807) is 35.1 Å². The zero-order chi connectivity index (χ0) is 21.3. The van der Waals surface area contributed by atoms with Crippen LogP contribution in [0.25, 0.3) is 5.65 Å². The van der Waals surface area contributed by atoms with E-state index < -0.39 is 29.5 Å². The Morgan fingerprint density at radius 3 is 2.47 bits per heavy atom. The molecule has 0 spiro atoms. The summed E-state index contributed by atoms with van der Waals surface area (Å²) in [4.78, 5) is 20.9. The number of halogens is 4. The van der Waals surface area contributed by atoms with Crippen molar-refractivity contribution in [1.82, 2.24) is 19.7 Å². The van der Waals surface area contributed by atoms with Gasteiger partial charge in [0.1, 0.15) is 17.2 Å². The van der Waals surface area contributed by atoms with Gasteiger partial charge in [0.2, 0.25) is 0 Å². The van der Waals surface area contributed by atoms with Gasteiger partial charge in [-0.25, -0.2) is 9.37 Å². The van der Waals surface area contributed by atoms with Crippen LogP contribution in [-0.2, 0) is 6.18 Å². The SMILES string of the molecule is O=C(NC(c1ccc(C(F)(F)F)cc1)c1ncccc1F)c1ccc2nccn2c1. The van der Waals surface area contributed by atoms with Crippen molar-refractivity contribution in [3.8, 4) is 0 Å². The van der Waals surface area contributed by atoms with Crippen molar-refractivity contribution >= 4 is 11.6 Å². The lowest BCUT2D eigenvalue weighted by Gasteiger charge is -2.20. The van der Waals surface area contributed by atoms with Gasteiger partial charge < -0.3 is 9.72 Å². The van der Waals surface area contributed by atoms with Crippen LogP contribution in [0.5, 0.6) is 0 Å². The molecule has 152 valence electrons. The van der Waals surface area contributed by atoms with Crippen LogP contribution in [0.4, 0.5) is 17.6 Å². The summed E-state index contributed by atoms with van der Waals surface area (Å²) in [5, 5.41) is 2.67. The molecular formula is C21H14F4N4O. The second kappa shape index (κ2) is 7.58. The molecule has 1 atom stereocenters. The number of fused-ring (bicyclic) bond motifs is 1. The van der Waals surface area contributed by atoms with Gasteiger partial charge in [0.25, 0.3) is 5.91 Å². The molecule has 1 amide bonds. The molecule has 1 N–H and O–H groups in total. The minimum Gasteiger partial charge on any atom is -0.339 e. The van der Waals surface area contributed by atoms with Crippen LogP contribution in [0.2, 0.25) is 0 Å². The Labute approximate surface area is 168 Å². The highest BCUT2D eigenvalue weighted by Crippen LogP contribution is 2.31. The van der Waals surface area contributed by atoms with Crippen molar-refractivity contribution in [3.05, 3.63) is 102 Å². The van der Waals surface area contributed by atoms with Crippen molar-refractivity contribution < 1.29 is 22.4 Å². The third kappa shape index (κ3) is 3.86. The molecule has 0 saturated carbocycles. The first-order valence-corrected chi connectivity index (χ1v) is 8.84. The highest BCUT2D eigenvalue weighted by atomic mass is 19.4. The standard InChI is InChI=1S/C21H14F4N4O/c22-16-2-1-9-27-19(16)18(13-3-6-15(7-4-13)21(23,24)25)28-20(30)14-5-8-17-26-10-11-29(17)12-14/h1-12,18H,(H,28,30). The predicted molar refractivity (Wildman–Crippen MR) is 100 cm³/mol. The van der Waals surface area contributed by atoms with E-state index in [4.69, 9.17) is 0 Å². The van der Waals surface area contributed by atoms with Gasteiger partial charge in [-0.15, -0.1) is 0 Å². The van der Waals surface area contributed by atoms with Crippen molar-refractivity contribution in [1.29, 1.82) is 0 Å². The van der Waals surface area contributed by atoms with E-state index in [1.807, 2.05) is 0 Å². The quantitative estimate of drug-likeness (QED) is 0.504. The van der Waals surface area contributed by atoms with Crippen LogP contribution in [-0.4, -0.2) is 20.3 Å². The Bertz CT molecular complexity index is 1200. The number of benzene rings is 1. The number of pyridine rings is 2. The zero-order valence-corrected chi connectivity index (χ0v) is 15.3. The van der Waals surface area contributed by atoms with Crippen molar-refractivity contribution in [3.63, 3.8) is 0 Å². The molecule has 0 bridgehead atoms. The lowest BCUT2D eigenvalue weighted by molar-refractivity contribution is -0.137. The number of amides is 1. The first-order chi connectivity index (χ1) is 14.3. The molecule has 0 aliphatic carbocycles. The second-order valence-corrected chi connectivity index (χ2v) is 6.51. The molecule has 0 fully saturated rings. The average molecular weight is 414 g/mol. The lowest BCUT2D eigenvalue weighted by atomic mass is 10.0. The molecule has 1 unspecified atom stereocenters. The number of hydrogen-bond acceptors (Lipinski definition) is 3.